The van der Waals surface area contributed by atoms with Crippen LogP contribution in [-0.4, -0.2) is 50.9 Å². The second-order valence-electron chi connectivity index (χ2n) is 7.94. The molecule has 27 heavy (non-hydrogen) atoms. The summed E-state index contributed by atoms with van der Waals surface area (Å²) in [5.41, 5.74) is -0.899. The van der Waals surface area contributed by atoms with Crippen LogP contribution in [0.2, 0.25) is 5.15 Å². The lowest BCUT2D eigenvalue weighted by Crippen LogP contribution is -2.40. The Balaban J connectivity index is 1.28. The zero-order valence-electron chi connectivity index (χ0n) is 14.4. The fourth-order valence-electron chi connectivity index (χ4n) is 5.03. The summed E-state index contributed by atoms with van der Waals surface area (Å²) in [6.07, 6.45) is 6.25. The van der Waals surface area contributed by atoms with Crippen LogP contribution in [0.4, 0.5) is 0 Å². The Bertz CT molecular complexity index is 934. The standard InChI is InChI=1S/C18H17BClN3O4/c19-18(26,15-16(4-5-16)17(15)6-7-17)9-27-12-3-8-23(22-12)11-2-1-10(14(24)25)13(20)21-11/h1-3,8,15,26H,4-7,9H2,(H,24,25). The highest BCUT2D eigenvalue weighted by Crippen LogP contribution is 2.93. The average Bonchev–Trinajstić information content (AvgIpc) is 3.57. The predicted octanol–water partition coefficient (Wildman–Crippen LogP) is 2.04. The number of carboxylic acid groups (broad SMARTS) is 1. The van der Waals surface area contributed by atoms with Crippen LogP contribution in [0.5, 0.6) is 5.88 Å². The molecule has 1 atom stereocenters. The number of aromatic carboxylic acids is 1. The van der Waals surface area contributed by atoms with Gasteiger partial charge in [0, 0.05) is 12.3 Å². The van der Waals surface area contributed by atoms with E-state index in [1.807, 2.05) is 0 Å². The summed E-state index contributed by atoms with van der Waals surface area (Å²) in [5.74, 6) is -0.371. The van der Waals surface area contributed by atoms with Gasteiger partial charge in [-0.05, 0) is 54.6 Å². The third-order valence-corrected chi connectivity index (χ3v) is 6.69. The van der Waals surface area contributed by atoms with E-state index < -0.39 is 11.5 Å². The molecular formula is C18H17BClN3O4. The number of hydrogen-bond donors (Lipinski definition) is 2. The average molecular weight is 386 g/mol. The van der Waals surface area contributed by atoms with Crippen molar-refractivity contribution in [1.82, 2.24) is 14.8 Å². The van der Waals surface area contributed by atoms with Crippen LogP contribution in [-0.2, 0) is 0 Å². The van der Waals surface area contributed by atoms with Gasteiger partial charge in [0.15, 0.2) is 5.82 Å². The van der Waals surface area contributed by atoms with Gasteiger partial charge in [-0.1, -0.05) is 11.6 Å². The van der Waals surface area contributed by atoms with Crippen molar-refractivity contribution in [2.24, 2.45) is 16.7 Å². The fourth-order valence-corrected chi connectivity index (χ4v) is 5.26. The molecule has 0 bridgehead atoms. The zero-order valence-corrected chi connectivity index (χ0v) is 15.2. The molecule has 0 amide bonds. The number of aliphatic hydroxyl groups is 1. The van der Waals surface area contributed by atoms with Crippen molar-refractivity contribution in [3.63, 3.8) is 0 Å². The number of hydrogen-bond acceptors (Lipinski definition) is 5. The quantitative estimate of drug-likeness (QED) is 0.583. The Hall–Kier alpha value is -2.06. The first kappa shape index (κ1) is 17.1. The lowest BCUT2D eigenvalue weighted by atomic mass is 9.76. The molecule has 3 aliphatic rings. The normalized spacial score (nSPS) is 23.2. The van der Waals surface area contributed by atoms with Gasteiger partial charge in [0.1, 0.15) is 19.6 Å². The minimum Gasteiger partial charge on any atom is -0.478 e. The summed E-state index contributed by atoms with van der Waals surface area (Å²) >= 11 is 5.90. The maximum atomic E-state index is 11.0. The smallest absolute Gasteiger partial charge is 0.338 e. The number of fused-ring (bicyclic) bond motifs is 1. The predicted molar refractivity (Wildman–Crippen MR) is 96.4 cm³/mol. The Morgan fingerprint density at radius 3 is 2.56 bits per heavy atom. The molecule has 2 heterocycles. The van der Waals surface area contributed by atoms with E-state index in [1.165, 1.54) is 16.8 Å². The molecule has 2 aromatic heterocycles. The van der Waals surface area contributed by atoms with Crippen molar-refractivity contribution in [1.29, 1.82) is 0 Å². The third-order valence-electron chi connectivity index (χ3n) is 6.41. The lowest BCUT2D eigenvalue weighted by molar-refractivity contribution is 0.0374. The summed E-state index contributed by atoms with van der Waals surface area (Å²) in [7, 11) is 6.19. The van der Waals surface area contributed by atoms with E-state index in [0.717, 1.165) is 25.7 Å². The molecule has 1 unspecified atom stereocenters. The highest BCUT2D eigenvalue weighted by atomic mass is 35.5. The molecule has 2 aromatic rings. The molecular weight excluding hydrogens is 368 g/mol. The van der Waals surface area contributed by atoms with Gasteiger partial charge in [-0.15, -0.1) is 5.10 Å². The first-order valence-electron chi connectivity index (χ1n) is 8.89. The maximum Gasteiger partial charge on any atom is 0.338 e. The third kappa shape index (κ3) is 2.43. The number of aromatic nitrogens is 3. The number of rotatable bonds is 6. The van der Waals surface area contributed by atoms with Crippen LogP contribution in [0.1, 0.15) is 36.0 Å². The number of nitrogens with zero attached hydrogens (tertiary/aromatic N) is 3. The van der Waals surface area contributed by atoms with Gasteiger partial charge < -0.3 is 14.9 Å². The number of pyridine rings is 1. The number of carbonyl (C=O) groups is 1. The summed E-state index contributed by atoms with van der Waals surface area (Å²) in [6.45, 7) is -0.0235. The van der Waals surface area contributed by atoms with E-state index in [2.05, 4.69) is 10.1 Å². The van der Waals surface area contributed by atoms with Gasteiger partial charge in [0.2, 0.25) is 5.88 Å². The van der Waals surface area contributed by atoms with E-state index in [4.69, 9.17) is 29.3 Å². The Morgan fingerprint density at radius 2 is 2.00 bits per heavy atom. The second-order valence-corrected chi connectivity index (χ2v) is 8.29. The molecule has 0 saturated heterocycles. The molecule has 9 heteroatoms. The number of ether oxygens (including phenoxy) is 1. The van der Waals surface area contributed by atoms with Gasteiger partial charge in [-0.25, -0.2) is 14.5 Å². The molecule has 0 aliphatic heterocycles. The Morgan fingerprint density at radius 1 is 1.33 bits per heavy atom. The topological polar surface area (TPSA) is 97.5 Å². The second kappa shape index (κ2) is 5.26. The van der Waals surface area contributed by atoms with Crippen molar-refractivity contribution >= 4 is 25.4 Å². The molecule has 138 valence electrons. The molecule has 3 saturated carbocycles. The molecule has 5 rings (SSSR count). The van der Waals surface area contributed by atoms with Crippen LogP contribution in [0, 0.1) is 16.7 Å². The van der Waals surface area contributed by atoms with Gasteiger partial charge in [0.05, 0.1) is 11.1 Å². The number of halogens is 1. The summed E-state index contributed by atoms with van der Waals surface area (Å²) in [5, 5.41) is 23.9. The Labute approximate surface area is 161 Å². The highest BCUT2D eigenvalue weighted by molar-refractivity contribution is 6.32. The van der Waals surface area contributed by atoms with E-state index in [0.29, 0.717) is 11.7 Å². The van der Waals surface area contributed by atoms with E-state index in [9.17, 15) is 9.90 Å². The van der Waals surface area contributed by atoms with Crippen molar-refractivity contribution in [3.8, 4) is 11.7 Å². The van der Waals surface area contributed by atoms with E-state index in [-0.39, 0.29) is 34.1 Å². The van der Waals surface area contributed by atoms with Crippen LogP contribution in [0.25, 0.3) is 5.82 Å². The first-order valence-corrected chi connectivity index (χ1v) is 9.27. The fraction of sp³-hybridized carbons (Fsp3) is 0.500. The van der Waals surface area contributed by atoms with Crippen LogP contribution in [0.15, 0.2) is 24.4 Å². The number of carboxylic acids is 1. The van der Waals surface area contributed by atoms with Crippen molar-refractivity contribution in [2.45, 2.75) is 31.2 Å². The summed E-state index contributed by atoms with van der Waals surface area (Å²) in [6, 6.07) is 4.50. The molecule has 3 fully saturated rings. The zero-order chi connectivity index (χ0) is 19.0. The van der Waals surface area contributed by atoms with E-state index >= 15 is 0 Å². The molecule has 2 spiro atoms. The maximum absolute atomic E-state index is 11.0. The van der Waals surface area contributed by atoms with Crippen LogP contribution < -0.4 is 4.74 Å². The minimum atomic E-state index is -1.36. The molecule has 0 aromatic carbocycles. The monoisotopic (exact) mass is 385 g/mol. The van der Waals surface area contributed by atoms with Gasteiger partial charge in [-0.3, -0.25) is 0 Å². The molecule has 2 N–H and O–H groups in total. The Kier molecular flexibility index (Phi) is 3.33. The lowest BCUT2D eigenvalue weighted by Gasteiger charge is -2.24. The molecule has 7 nitrogen and oxygen atoms in total. The van der Waals surface area contributed by atoms with Crippen LogP contribution >= 0.6 is 11.6 Å². The van der Waals surface area contributed by atoms with Crippen molar-refractivity contribution in [2.75, 3.05) is 6.61 Å². The summed E-state index contributed by atoms with van der Waals surface area (Å²) < 4.78 is 7.07. The molecule has 3 aliphatic carbocycles. The minimum absolute atomic E-state index is 0.0235. The SMILES string of the molecule is [B]C(O)(COc1ccn(-c2ccc(C(=O)O)c(Cl)n2)n1)C1C2(CC2)C12CC2. The first-order chi connectivity index (χ1) is 12.8. The largest absolute Gasteiger partial charge is 0.478 e. The van der Waals surface area contributed by atoms with Gasteiger partial charge in [-0.2, -0.15) is 0 Å². The van der Waals surface area contributed by atoms with Gasteiger partial charge in [0.25, 0.3) is 0 Å². The molecule has 2 radical (unpaired) electrons. The van der Waals surface area contributed by atoms with Gasteiger partial charge >= 0.3 is 5.97 Å². The summed E-state index contributed by atoms with van der Waals surface area (Å²) in [4.78, 5) is 15.0. The van der Waals surface area contributed by atoms with Crippen LogP contribution in [0.3, 0.4) is 0 Å². The highest BCUT2D eigenvalue weighted by Gasteiger charge is 2.89. The van der Waals surface area contributed by atoms with Crippen molar-refractivity contribution in [3.05, 3.63) is 35.1 Å². The van der Waals surface area contributed by atoms with Crippen molar-refractivity contribution < 1.29 is 19.7 Å². The van der Waals surface area contributed by atoms with E-state index in [1.54, 1.807) is 12.3 Å².